The van der Waals surface area contributed by atoms with E-state index in [0.29, 0.717) is 5.75 Å². The van der Waals surface area contributed by atoms with Crippen LogP contribution in [0.2, 0.25) is 0 Å². The largest absolute Gasteiger partial charge is 0.476 e. The fourth-order valence-corrected chi connectivity index (χ4v) is 1.77. The lowest BCUT2D eigenvalue weighted by Crippen LogP contribution is -1.99. The van der Waals surface area contributed by atoms with Gasteiger partial charge in [0.2, 0.25) is 5.69 Å². The van der Waals surface area contributed by atoms with Crippen molar-refractivity contribution < 1.29 is 14.6 Å². The molecule has 0 radical (unpaired) electrons. The second-order valence-electron chi connectivity index (χ2n) is 4.42. The number of hydrogen-bond acceptors (Lipinski definition) is 5. The minimum atomic E-state index is -1.22. The number of benzene rings is 1. The van der Waals surface area contributed by atoms with Gasteiger partial charge in [0.15, 0.2) is 0 Å². The van der Waals surface area contributed by atoms with Gasteiger partial charge in [-0.1, -0.05) is 23.1 Å². The zero-order valence-electron chi connectivity index (χ0n) is 11.7. The lowest BCUT2D eigenvalue weighted by Gasteiger charge is -2.03. The number of carboxylic acid groups (broad SMARTS) is 1. The van der Waals surface area contributed by atoms with Crippen LogP contribution in [0.15, 0.2) is 48.8 Å². The Bertz CT molecular complexity index is 894. The molecule has 0 spiro atoms. The summed E-state index contributed by atoms with van der Waals surface area (Å²) in [5.74, 6) is 5.15. The zero-order valence-corrected chi connectivity index (χ0v) is 11.7. The van der Waals surface area contributed by atoms with E-state index in [9.17, 15) is 4.79 Å². The van der Waals surface area contributed by atoms with Crippen molar-refractivity contribution in [2.45, 2.75) is 0 Å². The van der Waals surface area contributed by atoms with Gasteiger partial charge in [-0.05, 0) is 30.3 Å². The summed E-state index contributed by atoms with van der Waals surface area (Å²) in [7, 11) is 0. The van der Waals surface area contributed by atoms with Gasteiger partial charge in [0, 0.05) is 23.5 Å². The Morgan fingerprint density at radius 3 is 2.78 bits per heavy atom. The molecule has 2 N–H and O–H groups in total. The van der Waals surface area contributed by atoms with Gasteiger partial charge in [0.05, 0.1) is 0 Å². The highest BCUT2D eigenvalue weighted by Gasteiger charge is 2.16. The van der Waals surface area contributed by atoms with E-state index in [1.165, 1.54) is 0 Å². The Morgan fingerprint density at radius 1 is 1.17 bits per heavy atom. The third kappa shape index (κ3) is 3.51. The Labute approximate surface area is 131 Å². The van der Waals surface area contributed by atoms with Crippen LogP contribution < -0.4 is 4.74 Å². The van der Waals surface area contributed by atoms with E-state index in [1.54, 1.807) is 30.6 Å². The number of rotatable bonds is 3. The smallest absolute Gasteiger partial charge is 0.362 e. The van der Waals surface area contributed by atoms with Gasteiger partial charge >= 0.3 is 5.97 Å². The number of ether oxygens (including phenoxy) is 1. The number of pyridine rings is 1. The van der Waals surface area contributed by atoms with Crippen LogP contribution in [0.4, 0.5) is 0 Å². The Hall–Kier alpha value is -3.66. The number of carbonyl (C=O) groups is 1. The van der Waals surface area contributed by atoms with Crippen LogP contribution in [-0.4, -0.2) is 31.5 Å². The van der Waals surface area contributed by atoms with Crippen LogP contribution in [-0.2, 0) is 0 Å². The summed E-state index contributed by atoms with van der Waals surface area (Å²) in [4.78, 5) is 15.0. The molecule has 0 saturated heterocycles. The first-order chi connectivity index (χ1) is 11.2. The normalized spacial score (nSPS) is 9.74. The average molecular weight is 306 g/mol. The molecule has 0 amide bonds. The van der Waals surface area contributed by atoms with E-state index in [1.807, 2.05) is 18.2 Å². The van der Waals surface area contributed by atoms with E-state index in [-0.39, 0.29) is 11.6 Å². The molecule has 0 aliphatic carbocycles. The van der Waals surface area contributed by atoms with E-state index >= 15 is 0 Å². The van der Waals surface area contributed by atoms with Crippen LogP contribution in [0.25, 0.3) is 0 Å². The van der Waals surface area contributed by atoms with Crippen molar-refractivity contribution in [3.63, 3.8) is 0 Å². The number of nitrogens with zero attached hydrogens (tertiary/aromatic N) is 3. The molecular formula is C16H10N4O3. The minimum absolute atomic E-state index is 0.0325. The molecular weight excluding hydrogens is 296 g/mol. The third-order valence-corrected chi connectivity index (χ3v) is 2.79. The molecule has 7 heteroatoms. The quantitative estimate of drug-likeness (QED) is 0.719. The molecule has 0 aliphatic heterocycles. The van der Waals surface area contributed by atoms with Crippen LogP contribution in [0.5, 0.6) is 11.6 Å². The van der Waals surface area contributed by atoms with Gasteiger partial charge in [-0.25, -0.2) is 9.89 Å². The molecule has 2 aromatic heterocycles. The molecule has 0 unspecified atom stereocenters. The van der Waals surface area contributed by atoms with Gasteiger partial charge in [-0.2, -0.15) is 0 Å². The molecule has 3 aromatic rings. The van der Waals surface area contributed by atoms with Crippen molar-refractivity contribution >= 4 is 5.97 Å². The monoisotopic (exact) mass is 306 g/mol. The third-order valence-electron chi connectivity index (χ3n) is 2.79. The Morgan fingerprint density at radius 2 is 2.00 bits per heavy atom. The molecule has 0 atom stereocenters. The SMILES string of the molecule is O=C(O)c1nn[nH]c1Oc1cccc(C#Cc2cccnc2)c1. The maximum absolute atomic E-state index is 11.0. The van der Waals surface area contributed by atoms with E-state index in [0.717, 1.165) is 11.1 Å². The highest BCUT2D eigenvalue weighted by molar-refractivity contribution is 5.87. The van der Waals surface area contributed by atoms with Crippen LogP contribution in [0.1, 0.15) is 21.6 Å². The molecule has 2 heterocycles. The van der Waals surface area contributed by atoms with Crippen LogP contribution in [0.3, 0.4) is 0 Å². The molecule has 23 heavy (non-hydrogen) atoms. The minimum Gasteiger partial charge on any atom is -0.476 e. The van der Waals surface area contributed by atoms with E-state index < -0.39 is 5.97 Å². The number of aromatic carboxylic acids is 1. The molecule has 112 valence electrons. The fourth-order valence-electron chi connectivity index (χ4n) is 1.77. The van der Waals surface area contributed by atoms with Crippen molar-refractivity contribution in [3.8, 4) is 23.5 Å². The maximum Gasteiger partial charge on any atom is 0.362 e. The molecule has 1 aromatic carbocycles. The Kier molecular flexibility index (Phi) is 3.98. The first-order valence-corrected chi connectivity index (χ1v) is 6.56. The van der Waals surface area contributed by atoms with Crippen LogP contribution >= 0.6 is 0 Å². The predicted molar refractivity (Wildman–Crippen MR) is 80.1 cm³/mol. The molecule has 0 aliphatic rings. The van der Waals surface area contributed by atoms with Crippen LogP contribution in [0, 0.1) is 11.8 Å². The number of nitrogens with one attached hydrogen (secondary N) is 1. The first kappa shape index (κ1) is 14.3. The van der Waals surface area contributed by atoms with E-state index in [2.05, 4.69) is 32.2 Å². The topological polar surface area (TPSA) is 101 Å². The summed E-state index contributed by atoms with van der Waals surface area (Å²) < 4.78 is 5.46. The van der Waals surface area contributed by atoms with Crippen molar-refractivity contribution in [2.24, 2.45) is 0 Å². The number of carboxylic acids is 1. The summed E-state index contributed by atoms with van der Waals surface area (Å²) in [6.07, 6.45) is 3.35. The fraction of sp³-hybridized carbons (Fsp3) is 0. The molecule has 0 saturated carbocycles. The average Bonchev–Trinajstić information content (AvgIpc) is 3.03. The lowest BCUT2D eigenvalue weighted by atomic mass is 10.2. The van der Waals surface area contributed by atoms with Gasteiger partial charge in [-0.15, -0.1) is 5.10 Å². The number of aromatic amines is 1. The first-order valence-electron chi connectivity index (χ1n) is 6.56. The van der Waals surface area contributed by atoms with Crippen molar-refractivity contribution in [1.29, 1.82) is 0 Å². The number of hydrogen-bond donors (Lipinski definition) is 2. The number of aromatic nitrogens is 4. The standard InChI is InChI=1S/C16H10N4O3/c21-16(22)14-15(19-20-18-14)23-13-5-1-3-11(9-13)6-7-12-4-2-8-17-10-12/h1-5,8-10H,(H,21,22)(H,18,19,20). The summed E-state index contributed by atoms with van der Waals surface area (Å²) >= 11 is 0. The second kappa shape index (κ2) is 6.41. The number of H-pyrrole nitrogens is 1. The predicted octanol–water partition coefficient (Wildman–Crippen LogP) is 2.09. The summed E-state index contributed by atoms with van der Waals surface area (Å²) in [5.41, 5.74) is 1.23. The maximum atomic E-state index is 11.0. The highest BCUT2D eigenvalue weighted by atomic mass is 16.5. The van der Waals surface area contributed by atoms with Crippen molar-refractivity contribution in [1.82, 2.24) is 20.4 Å². The summed E-state index contributed by atoms with van der Waals surface area (Å²) in [6, 6.07) is 10.6. The van der Waals surface area contributed by atoms with Gasteiger partial charge < -0.3 is 9.84 Å². The van der Waals surface area contributed by atoms with Gasteiger partial charge in [0.1, 0.15) is 5.75 Å². The molecule has 0 bridgehead atoms. The Balaban J connectivity index is 1.82. The lowest BCUT2D eigenvalue weighted by molar-refractivity contribution is 0.0687. The molecule has 0 fully saturated rings. The van der Waals surface area contributed by atoms with Crippen molar-refractivity contribution in [2.75, 3.05) is 0 Å². The highest BCUT2D eigenvalue weighted by Crippen LogP contribution is 2.22. The summed E-state index contributed by atoms with van der Waals surface area (Å²) in [5, 5.41) is 18.2. The zero-order chi connectivity index (χ0) is 16.1. The molecule has 3 rings (SSSR count). The second-order valence-corrected chi connectivity index (χ2v) is 4.42. The molecule has 7 nitrogen and oxygen atoms in total. The van der Waals surface area contributed by atoms with Crippen molar-refractivity contribution in [3.05, 3.63) is 65.6 Å². The van der Waals surface area contributed by atoms with E-state index in [4.69, 9.17) is 9.84 Å². The van der Waals surface area contributed by atoms with Gasteiger partial charge in [-0.3, -0.25) is 4.98 Å². The van der Waals surface area contributed by atoms with Gasteiger partial charge in [0.25, 0.3) is 5.88 Å². The summed E-state index contributed by atoms with van der Waals surface area (Å²) in [6.45, 7) is 0.